The van der Waals surface area contributed by atoms with E-state index in [0.29, 0.717) is 0 Å². The highest BCUT2D eigenvalue weighted by atomic mass is 16.3. The largest absolute Gasteiger partial charge is 0.396 e. The smallest absolute Gasteiger partial charge is 0.0453 e. The van der Waals surface area contributed by atoms with Gasteiger partial charge in [-0.1, -0.05) is 45.0 Å². The number of nitrogens with one attached hydrogen (secondary N) is 1. The van der Waals surface area contributed by atoms with Crippen LogP contribution in [0.1, 0.15) is 44.7 Å². The highest BCUT2D eigenvalue weighted by Crippen LogP contribution is 2.28. The molecule has 0 spiro atoms. The van der Waals surface area contributed by atoms with Crippen LogP contribution >= 0.6 is 0 Å². The van der Waals surface area contributed by atoms with Gasteiger partial charge in [-0.3, -0.25) is 0 Å². The molecule has 2 nitrogen and oxygen atoms in total. The molecule has 17 heavy (non-hydrogen) atoms. The fraction of sp³-hybridized carbons (Fsp3) is 0.600. The van der Waals surface area contributed by atoms with Crippen molar-refractivity contribution in [1.29, 1.82) is 0 Å². The Morgan fingerprint density at radius 1 is 1.12 bits per heavy atom. The topological polar surface area (TPSA) is 32.3 Å². The van der Waals surface area contributed by atoms with E-state index in [1.807, 2.05) is 0 Å². The van der Waals surface area contributed by atoms with Crippen molar-refractivity contribution in [3.8, 4) is 0 Å². The fourth-order valence-corrected chi connectivity index (χ4v) is 2.43. The number of aryl methyl sites for hydroxylation is 1. The first-order valence-corrected chi connectivity index (χ1v) is 6.67. The summed E-state index contributed by atoms with van der Waals surface area (Å²) in [5, 5.41) is 12.8. The molecular weight excluding hydrogens is 210 g/mol. The highest BCUT2D eigenvalue weighted by Gasteiger charge is 2.28. The molecule has 0 radical (unpaired) electrons. The highest BCUT2D eigenvalue weighted by molar-refractivity contribution is 5.28. The van der Waals surface area contributed by atoms with Gasteiger partial charge in [-0.15, -0.1) is 0 Å². The number of aliphatic hydroxyl groups excluding tert-OH is 1. The molecule has 1 atom stereocenters. The fourth-order valence-electron chi connectivity index (χ4n) is 2.43. The molecule has 0 bridgehead atoms. The van der Waals surface area contributed by atoms with Gasteiger partial charge in [0.25, 0.3) is 0 Å². The lowest BCUT2D eigenvalue weighted by Crippen LogP contribution is -2.42. The van der Waals surface area contributed by atoms with Gasteiger partial charge in [-0.2, -0.15) is 0 Å². The molecule has 0 heterocycles. The Morgan fingerprint density at radius 3 is 2.18 bits per heavy atom. The lowest BCUT2D eigenvalue weighted by atomic mass is 9.83. The summed E-state index contributed by atoms with van der Waals surface area (Å²) >= 11 is 0. The van der Waals surface area contributed by atoms with Gasteiger partial charge in [0.1, 0.15) is 0 Å². The summed E-state index contributed by atoms with van der Waals surface area (Å²) in [4.78, 5) is 0. The van der Waals surface area contributed by atoms with E-state index < -0.39 is 0 Å². The second-order valence-electron chi connectivity index (χ2n) is 4.49. The molecule has 0 saturated carbocycles. The number of aliphatic hydroxyl groups is 1. The number of benzene rings is 1. The maximum atomic E-state index is 9.28. The van der Waals surface area contributed by atoms with Crippen molar-refractivity contribution in [2.45, 2.75) is 45.6 Å². The molecule has 2 N–H and O–H groups in total. The van der Waals surface area contributed by atoms with Gasteiger partial charge >= 0.3 is 0 Å². The molecule has 0 saturated heterocycles. The average molecular weight is 235 g/mol. The van der Waals surface area contributed by atoms with Crippen molar-refractivity contribution in [2.24, 2.45) is 0 Å². The van der Waals surface area contributed by atoms with Crippen LogP contribution in [0.5, 0.6) is 0 Å². The minimum Gasteiger partial charge on any atom is -0.396 e. The van der Waals surface area contributed by atoms with Crippen LogP contribution in [0.3, 0.4) is 0 Å². The van der Waals surface area contributed by atoms with Gasteiger partial charge in [-0.25, -0.2) is 0 Å². The zero-order valence-corrected chi connectivity index (χ0v) is 11.3. The van der Waals surface area contributed by atoms with Crippen molar-refractivity contribution < 1.29 is 5.11 Å². The van der Waals surface area contributed by atoms with E-state index in [9.17, 15) is 5.11 Å². The maximum Gasteiger partial charge on any atom is 0.0453 e. The molecule has 1 aromatic carbocycles. The minimum absolute atomic E-state index is 0.0736. The molecule has 0 amide bonds. The number of hydrogen-bond donors (Lipinski definition) is 2. The lowest BCUT2D eigenvalue weighted by molar-refractivity contribution is 0.206. The first-order valence-electron chi connectivity index (χ1n) is 6.67. The monoisotopic (exact) mass is 235 g/mol. The van der Waals surface area contributed by atoms with Crippen molar-refractivity contribution >= 4 is 0 Å². The Labute approximate surface area is 105 Å². The average Bonchev–Trinajstić information content (AvgIpc) is 2.38. The third kappa shape index (κ3) is 3.30. The van der Waals surface area contributed by atoms with Crippen LogP contribution in [0.15, 0.2) is 24.3 Å². The molecule has 2 heteroatoms. The van der Waals surface area contributed by atoms with Crippen molar-refractivity contribution in [3.63, 3.8) is 0 Å². The summed E-state index contributed by atoms with van der Waals surface area (Å²) in [6.07, 6.45) is 2.83. The summed E-state index contributed by atoms with van der Waals surface area (Å²) in [6.45, 7) is 7.59. The Kier molecular flexibility index (Phi) is 5.66. The van der Waals surface area contributed by atoms with Crippen LogP contribution in [0.2, 0.25) is 0 Å². The number of rotatable bonds is 7. The van der Waals surface area contributed by atoms with Crippen LogP contribution < -0.4 is 5.32 Å². The Morgan fingerprint density at radius 2 is 1.76 bits per heavy atom. The molecule has 0 fully saturated rings. The van der Waals surface area contributed by atoms with E-state index >= 15 is 0 Å². The van der Waals surface area contributed by atoms with Crippen LogP contribution in [0, 0.1) is 0 Å². The molecule has 0 aromatic heterocycles. The second kappa shape index (κ2) is 6.77. The van der Waals surface area contributed by atoms with E-state index in [-0.39, 0.29) is 12.1 Å². The zero-order valence-electron chi connectivity index (χ0n) is 11.3. The van der Waals surface area contributed by atoms with Crippen molar-refractivity contribution in [1.82, 2.24) is 5.32 Å². The Hall–Kier alpha value is -0.860. The van der Waals surface area contributed by atoms with Crippen LogP contribution in [-0.4, -0.2) is 18.3 Å². The second-order valence-corrected chi connectivity index (χ2v) is 4.49. The van der Waals surface area contributed by atoms with Gasteiger partial charge in [0.15, 0.2) is 0 Å². The molecule has 0 aliphatic rings. The van der Waals surface area contributed by atoms with Crippen molar-refractivity contribution in [2.75, 3.05) is 13.2 Å². The van der Waals surface area contributed by atoms with Crippen LogP contribution in [-0.2, 0) is 12.0 Å². The third-order valence-corrected chi connectivity index (χ3v) is 3.57. The summed E-state index contributed by atoms with van der Waals surface area (Å²) in [5.74, 6) is 0. The van der Waals surface area contributed by atoms with Gasteiger partial charge < -0.3 is 10.4 Å². The molecule has 0 aliphatic carbocycles. The van der Waals surface area contributed by atoms with E-state index in [4.69, 9.17) is 0 Å². The quantitative estimate of drug-likeness (QED) is 0.761. The first kappa shape index (κ1) is 14.2. The Bertz CT molecular complexity index is 312. The first-order chi connectivity index (χ1) is 8.22. The standard InChI is InChI=1S/C15H25NO/c1-4-13-7-9-14(10-8-13)15(5-2,11-12-17)16-6-3/h7-10,16-17H,4-6,11-12H2,1-3H3. The molecule has 1 aromatic rings. The van der Waals surface area contributed by atoms with Gasteiger partial charge in [-0.05, 0) is 36.9 Å². The number of hydrogen-bond acceptors (Lipinski definition) is 2. The minimum atomic E-state index is -0.0736. The summed E-state index contributed by atoms with van der Waals surface area (Å²) in [6, 6.07) is 8.77. The zero-order chi connectivity index (χ0) is 12.7. The van der Waals surface area contributed by atoms with Crippen molar-refractivity contribution in [3.05, 3.63) is 35.4 Å². The van der Waals surface area contributed by atoms with E-state index in [0.717, 1.165) is 25.8 Å². The van der Waals surface area contributed by atoms with E-state index in [1.54, 1.807) is 0 Å². The van der Waals surface area contributed by atoms with E-state index in [2.05, 4.69) is 50.4 Å². The molecule has 1 unspecified atom stereocenters. The summed E-state index contributed by atoms with van der Waals surface area (Å²) in [7, 11) is 0. The van der Waals surface area contributed by atoms with Gasteiger partial charge in [0.05, 0.1) is 0 Å². The summed E-state index contributed by atoms with van der Waals surface area (Å²) in [5.41, 5.74) is 2.57. The van der Waals surface area contributed by atoms with Crippen LogP contribution in [0.25, 0.3) is 0 Å². The normalized spacial score (nSPS) is 14.6. The molecular formula is C15H25NO. The summed E-state index contributed by atoms with van der Waals surface area (Å²) < 4.78 is 0. The van der Waals surface area contributed by atoms with Gasteiger partial charge in [0.2, 0.25) is 0 Å². The van der Waals surface area contributed by atoms with Crippen LogP contribution in [0.4, 0.5) is 0 Å². The SMILES string of the molecule is CCNC(CC)(CCO)c1ccc(CC)cc1. The Balaban J connectivity index is 3.01. The molecule has 1 rings (SSSR count). The van der Waals surface area contributed by atoms with E-state index in [1.165, 1.54) is 11.1 Å². The predicted octanol–water partition coefficient (Wildman–Crippen LogP) is 2.85. The predicted molar refractivity (Wildman–Crippen MR) is 73.2 cm³/mol. The maximum absolute atomic E-state index is 9.28. The molecule has 0 aliphatic heterocycles. The van der Waals surface area contributed by atoms with Gasteiger partial charge in [0, 0.05) is 12.1 Å². The third-order valence-electron chi connectivity index (χ3n) is 3.57. The molecule has 96 valence electrons. The lowest BCUT2D eigenvalue weighted by Gasteiger charge is -2.34.